The number of phenols is 1. The quantitative estimate of drug-likeness (QED) is 0.103. The van der Waals surface area contributed by atoms with E-state index >= 15 is 0 Å². The molecule has 1 fully saturated rings. The van der Waals surface area contributed by atoms with Gasteiger partial charge in [-0.2, -0.15) is 0 Å². The number of fused-ring (bicyclic) bond motifs is 5. The first-order valence-corrected chi connectivity index (χ1v) is 23.6. The number of H-pyrrole nitrogens is 1. The number of hydrogen-bond acceptors (Lipinski definition) is 12. The summed E-state index contributed by atoms with van der Waals surface area (Å²) >= 11 is 0. The first kappa shape index (κ1) is 43.0. The molecule has 11 N–H and O–H groups in total. The van der Waals surface area contributed by atoms with Crippen molar-refractivity contribution in [3.63, 3.8) is 0 Å². The van der Waals surface area contributed by atoms with Crippen LogP contribution in [0.15, 0.2) is 65.2 Å². The zero-order valence-electron chi connectivity index (χ0n) is 33.3. The average molecular weight is 836 g/mol. The van der Waals surface area contributed by atoms with Crippen LogP contribution in [0.2, 0.25) is 0 Å². The maximum Gasteiger partial charge on any atom is 0.161 e. The fraction of sp³-hybridized carbons (Fsp3) is 0.600. The molecule has 0 radical (unpaired) electrons. The Morgan fingerprint density at radius 3 is 2.60 bits per heavy atom. The number of aliphatic hydroxyl groups excluding tert-OH is 6. The van der Waals surface area contributed by atoms with Crippen molar-refractivity contribution in [2.24, 2.45) is 41.2 Å². The maximum atomic E-state index is 12.1. The van der Waals surface area contributed by atoms with Crippen molar-refractivity contribution in [1.29, 1.82) is 0 Å². The highest BCUT2D eigenvalue weighted by atomic mass is 33.1. The first-order valence-electron chi connectivity index (χ1n) is 21.1. The summed E-state index contributed by atoms with van der Waals surface area (Å²) in [6.07, 6.45) is 6.42. The third kappa shape index (κ3) is 9.60. The molecule has 0 spiro atoms. The normalized spacial score (nSPS) is 34.5. The largest absolute Gasteiger partial charge is 0.504 e. The summed E-state index contributed by atoms with van der Waals surface area (Å²) in [5.41, 5.74) is 12.8. The molecule has 7 rings (SSSR count). The molecule has 1 saturated heterocycles. The average Bonchev–Trinajstić information content (AvgIpc) is 3.66. The molecular weight excluding hydrogens is 775 g/mol. The van der Waals surface area contributed by atoms with E-state index in [9.17, 15) is 35.7 Å². The number of hydrogen-bond donors (Lipinski definition) is 10. The van der Waals surface area contributed by atoms with E-state index in [1.54, 1.807) is 27.7 Å². The van der Waals surface area contributed by atoms with Crippen molar-refractivity contribution in [1.82, 2.24) is 10.3 Å². The van der Waals surface area contributed by atoms with Crippen LogP contribution < -0.4 is 15.8 Å². The van der Waals surface area contributed by atoms with E-state index in [1.807, 2.05) is 24.4 Å². The lowest BCUT2D eigenvalue weighted by atomic mass is 9.70. The summed E-state index contributed by atoms with van der Waals surface area (Å²) in [5.74, 6) is 6.83. The van der Waals surface area contributed by atoms with Crippen LogP contribution in [0.25, 0.3) is 0 Å². The fourth-order valence-electron chi connectivity index (χ4n) is 9.99. The van der Waals surface area contributed by atoms with Gasteiger partial charge in [-0.1, -0.05) is 58.1 Å². The van der Waals surface area contributed by atoms with Gasteiger partial charge in [0.25, 0.3) is 0 Å². The van der Waals surface area contributed by atoms with Gasteiger partial charge >= 0.3 is 0 Å². The van der Waals surface area contributed by atoms with Crippen molar-refractivity contribution >= 4 is 21.6 Å². The van der Waals surface area contributed by atoms with Gasteiger partial charge in [-0.15, -0.1) is 0 Å². The summed E-state index contributed by atoms with van der Waals surface area (Å²) in [5, 5.41) is 81.6. The van der Waals surface area contributed by atoms with Crippen molar-refractivity contribution in [3.8, 4) is 23.3 Å². The van der Waals surface area contributed by atoms with E-state index in [0.717, 1.165) is 40.0 Å². The second-order valence-electron chi connectivity index (χ2n) is 16.9. The lowest BCUT2D eigenvalue weighted by molar-refractivity contribution is -0.0215. The number of rotatable bonds is 8. The smallest absolute Gasteiger partial charge is 0.161 e. The number of aromatic amines is 1. The van der Waals surface area contributed by atoms with E-state index in [-0.39, 0.29) is 48.4 Å². The predicted octanol–water partition coefficient (Wildman–Crippen LogP) is 4.28. The topological polar surface area (TPSA) is 205 Å². The summed E-state index contributed by atoms with van der Waals surface area (Å²) < 4.78 is 6.82. The predicted molar refractivity (Wildman–Crippen MR) is 229 cm³/mol. The first-order chi connectivity index (χ1) is 28.1. The van der Waals surface area contributed by atoms with Crippen molar-refractivity contribution in [3.05, 3.63) is 82.0 Å². The molecule has 12 atom stereocenters. The molecule has 2 aromatic rings. The molecule has 1 aromatic heterocycles. The number of aromatic nitrogens is 1. The fourth-order valence-corrected chi connectivity index (χ4v) is 12.5. The van der Waals surface area contributed by atoms with Crippen LogP contribution in [0.4, 0.5) is 0 Å². The van der Waals surface area contributed by atoms with Gasteiger partial charge in [0.1, 0.15) is 11.9 Å². The number of nitrogens with two attached hydrogens (primary N) is 1. The maximum absolute atomic E-state index is 12.1. The van der Waals surface area contributed by atoms with E-state index in [1.165, 1.54) is 0 Å². The number of benzene rings is 1. The molecule has 11 nitrogen and oxygen atoms in total. The van der Waals surface area contributed by atoms with Crippen LogP contribution in [0.1, 0.15) is 74.6 Å². The molecule has 0 bridgehead atoms. The SMILES string of the molecule is CCC1Cc2cc(O)c(OC3CC(Cc4ccc[nH]4)C4=CCNC(N)=C4CSSCC(CO)C3O)cc2C2CC(O)C3C(C#CC(CCO)CC(O)CCC3O)C=C12. The van der Waals surface area contributed by atoms with Gasteiger partial charge in [-0.3, -0.25) is 0 Å². The Kier molecular flexibility index (Phi) is 14.5. The van der Waals surface area contributed by atoms with Gasteiger partial charge < -0.3 is 56.5 Å². The number of allylic oxidation sites excluding steroid dienone is 3. The molecule has 12 unspecified atom stereocenters. The minimum atomic E-state index is -1.05. The molecule has 58 heavy (non-hydrogen) atoms. The third-order valence-electron chi connectivity index (χ3n) is 13.2. The van der Waals surface area contributed by atoms with Crippen LogP contribution in [0.5, 0.6) is 11.5 Å². The Labute approximate surface area is 350 Å². The molecule has 1 aromatic carbocycles. The Morgan fingerprint density at radius 1 is 1.00 bits per heavy atom. The highest BCUT2D eigenvalue weighted by Gasteiger charge is 2.43. The third-order valence-corrected chi connectivity index (χ3v) is 15.6. The highest BCUT2D eigenvalue weighted by Crippen LogP contribution is 2.51. The highest BCUT2D eigenvalue weighted by molar-refractivity contribution is 8.76. The minimum Gasteiger partial charge on any atom is -0.504 e. The van der Waals surface area contributed by atoms with Gasteiger partial charge in [0.2, 0.25) is 0 Å². The van der Waals surface area contributed by atoms with Gasteiger partial charge in [-0.25, -0.2) is 0 Å². The van der Waals surface area contributed by atoms with Crippen molar-refractivity contribution in [2.45, 2.75) is 101 Å². The Morgan fingerprint density at radius 2 is 1.84 bits per heavy atom. The van der Waals surface area contributed by atoms with Crippen LogP contribution in [0, 0.1) is 47.3 Å². The Hall–Kier alpha value is -3.06. The van der Waals surface area contributed by atoms with Gasteiger partial charge in [0, 0.05) is 78.3 Å². The van der Waals surface area contributed by atoms with Crippen LogP contribution >= 0.6 is 21.6 Å². The molecule has 5 aliphatic rings. The molecule has 0 amide bonds. The van der Waals surface area contributed by atoms with Gasteiger partial charge in [-0.05, 0) is 111 Å². The Bertz CT molecular complexity index is 1870. The summed E-state index contributed by atoms with van der Waals surface area (Å²) in [7, 11) is 3.23. The molecule has 2 aliphatic heterocycles. The minimum absolute atomic E-state index is 0.0297. The lowest BCUT2D eigenvalue weighted by Crippen LogP contribution is -2.42. The van der Waals surface area contributed by atoms with Crippen molar-refractivity contribution < 1.29 is 40.5 Å². The molecule has 13 heteroatoms. The Balaban J connectivity index is 1.27. The summed E-state index contributed by atoms with van der Waals surface area (Å²) in [6.45, 7) is 2.46. The van der Waals surface area contributed by atoms with Crippen molar-refractivity contribution in [2.75, 3.05) is 31.3 Å². The second kappa shape index (κ2) is 19.5. The molecule has 316 valence electrons. The number of nitrogens with one attached hydrogen (secondary N) is 2. The molecular formula is C45H61N3O8S2. The molecule has 3 heterocycles. The van der Waals surface area contributed by atoms with E-state index < -0.39 is 48.3 Å². The van der Waals surface area contributed by atoms with E-state index in [2.05, 4.69) is 41.2 Å². The number of phenolic OH excluding ortho intramolecular Hbond substituents is 1. The van der Waals surface area contributed by atoms with Crippen LogP contribution in [-0.2, 0) is 12.8 Å². The number of ether oxygens (including phenoxy) is 1. The zero-order valence-corrected chi connectivity index (χ0v) is 34.9. The molecule has 0 saturated carbocycles. The number of aromatic hydroxyl groups is 1. The van der Waals surface area contributed by atoms with Gasteiger partial charge in [0.15, 0.2) is 11.5 Å². The van der Waals surface area contributed by atoms with Crippen LogP contribution in [-0.4, -0.2) is 103 Å². The monoisotopic (exact) mass is 835 g/mol. The lowest BCUT2D eigenvalue weighted by Gasteiger charge is -2.36. The van der Waals surface area contributed by atoms with E-state index in [4.69, 9.17) is 10.5 Å². The standard InChI is InChI=1S/C45H61N3O8S2/c1-2-26-15-28-18-39(53)41(21-35(28)36-20-40(54)43-27(17-34(26)36)6-5-25(10-13-49)14-32(51)7-8-38(43)52)56-42-19-29(16-31-4-3-11-47-31)33-9-12-48-45(46)37(33)24-58-57-23-30(22-50)44(42)55/h3-4,9,11,17-18,21,25-27,29-30,32,36,38,40,42-44,47-55H,2,7-8,10,12-16,19-20,22-24,46H2,1H3. The van der Waals surface area contributed by atoms with Gasteiger partial charge in [0.05, 0.1) is 24.4 Å². The summed E-state index contributed by atoms with van der Waals surface area (Å²) in [4.78, 5) is 3.34. The summed E-state index contributed by atoms with van der Waals surface area (Å²) in [6, 6.07) is 7.66. The number of dihydropyridines is 1. The number of aliphatic hydroxyl groups is 6. The van der Waals surface area contributed by atoms with E-state index in [0.29, 0.717) is 75.2 Å². The van der Waals surface area contributed by atoms with Crippen LogP contribution in [0.3, 0.4) is 0 Å². The second-order valence-corrected chi connectivity index (χ2v) is 19.4. The molecule has 3 aliphatic carbocycles. The zero-order chi connectivity index (χ0) is 40.9.